The number of benzene rings is 2. The summed E-state index contributed by atoms with van der Waals surface area (Å²) >= 11 is 0. The van der Waals surface area contributed by atoms with E-state index in [-0.39, 0.29) is 18.8 Å². The molecule has 4 heteroatoms. The second-order valence-electron chi connectivity index (χ2n) is 6.02. The van der Waals surface area contributed by atoms with Crippen LogP contribution in [0.25, 0.3) is 11.1 Å². The van der Waals surface area contributed by atoms with Gasteiger partial charge in [-0.05, 0) is 61.6 Å². The van der Waals surface area contributed by atoms with Gasteiger partial charge in [0.2, 0.25) is 0 Å². The van der Waals surface area contributed by atoms with E-state index in [0.717, 1.165) is 22.3 Å². The van der Waals surface area contributed by atoms with Crippen LogP contribution in [-0.2, 0) is 9.53 Å². The van der Waals surface area contributed by atoms with E-state index >= 15 is 0 Å². The van der Waals surface area contributed by atoms with Crippen LogP contribution in [0.5, 0.6) is 0 Å². The van der Waals surface area contributed by atoms with Gasteiger partial charge in [-0.25, -0.2) is 4.39 Å². The molecule has 2 rings (SSSR count). The standard InChI is InChI=1S/C20H24FNO2/c1-5-24-18(23)11-17(22)19-14(4)16(10-13(3)20(19)21)15-9-7-6-8-12(15)2/h6-10,17H,5,11,22H2,1-4H3. The van der Waals surface area contributed by atoms with Gasteiger partial charge in [0.05, 0.1) is 13.0 Å². The van der Waals surface area contributed by atoms with E-state index in [4.69, 9.17) is 10.5 Å². The van der Waals surface area contributed by atoms with Crippen LogP contribution < -0.4 is 5.73 Å². The van der Waals surface area contributed by atoms with Crippen molar-refractivity contribution >= 4 is 5.97 Å². The molecule has 2 N–H and O–H groups in total. The molecule has 0 bridgehead atoms. The van der Waals surface area contributed by atoms with E-state index < -0.39 is 12.0 Å². The molecular weight excluding hydrogens is 305 g/mol. The molecule has 128 valence electrons. The van der Waals surface area contributed by atoms with Crippen LogP contribution in [0.2, 0.25) is 0 Å². The smallest absolute Gasteiger partial charge is 0.307 e. The summed E-state index contributed by atoms with van der Waals surface area (Å²) in [6.45, 7) is 7.61. The Morgan fingerprint density at radius 1 is 1.17 bits per heavy atom. The van der Waals surface area contributed by atoms with Crippen molar-refractivity contribution in [2.75, 3.05) is 6.61 Å². The van der Waals surface area contributed by atoms with Crippen LogP contribution in [0.4, 0.5) is 4.39 Å². The van der Waals surface area contributed by atoms with E-state index in [1.165, 1.54) is 0 Å². The molecule has 0 amide bonds. The van der Waals surface area contributed by atoms with Crippen LogP contribution in [0, 0.1) is 26.6 Å². The van der Waals surface area contributed by atoms with Crippen molar-refractivity contribution in [1.29, 1.82) is 0 Å². The topological polar surface area (TPSA) is 52.3 Å². The SMILES string of the molecule is CCOC(=O)CC(N)c1c(C)c(-c2ccccc2C)cc(C)c1F. The first-order valence-electron chi connectivity index (χ1n) is 8.13. The minimum atomic E-state index is -0.730. The molecule has 0 aliphatic carbocycles. The van der Waals surface area contributed by atoms with Crippen LogP contribution in [0.1, 0.15) is 41.6 Å². The predicted molar refractivity (Wildman–Crippen MR) is 94.2 cm³/mol. The minimum absolute atomic E-state index is 0.0394. The maximum absolute atomic E-state index is 14.7. The fraction of sp³-hybridized carbons (Fsp3) is 0.350. The fourth-order valence-electron chi connectivity index (χ4n) is 3.01. The van der Waals surface area contributed by atoms with Crippen molar-refractivity contribution in [2.24, 2.45) is 5.73 Å². The Labute approximate surface area is 142 Å². The molecule has 24 heavy (non-hydrogen) atoms. The average molecular weight is 329 g/mol. The molecule has 0 fully saturated rings. The Hall–Kier alpha value is -2.20. The lowest BCUT2D eigenvalue weighted by atomic mass is 9.88. The van der Waals surface area contributed by atoms with Crippen LogP contribution >= 0.6 is 0 Å². The summed E-state index contributed by atoms with van der Waals surface area (Å²) < 4.78 is 19.6. The number of hydrogen-bond donors (Lipinski definition) is 1. The molecule has 0 aliphatic heterocycles. The van der Waals surface area contributed by atoms with E-state index in [9.17, 15) is 9.18 Å². The number of carbonyl (C=O) groups excluding carboxylic acids is 1. The highest BCUT2D eigenvalue weighted by Crippen LogP contribution is 2.34. The Balaban J connectivity index is 2.53. The monoisotopic (exact) mass is 329 g/mol. The van der Waals surface area contributed by atoms with Crippen molar-refractivity contribution < 1.29 is 13.9 Å². The highest BCUT2D eigenvalue weighted by Gasteiger charge is 2.22. The highest BCUT2D eigenvalue weighted by molar-refractivity contribution is 5.74. The molecule has 0 spiro atoms. The third-order valence-electron chi connectivity index (χ3n) is 4.25. The number of carbonyl (C=O) groups is 1. The van der Waals surface area contributed by atoms with E-state index in [1.807, 2.05) is 44.2 Å². The highest BCUT2D eigenvalue weighted by atomic mass is 19.1. The number of ether oxygens (including phenoxy) is 1. The van der Waals surface area contributed by atoms with E-state index in [2.05, 4.69) is 0 Å². The maximum Gasteiger partial charge on any atom is 0.307 e. The Morgan fingerprint density at radius 2 is 1.83 bits per heavy atom. The summed E-state index contributed by atoms with van der Waals surface area (Å²) in [5.41, 5.74) is 10.9. The van der Waals surface area contributed by atoms with Gasteiger partial charge in [-0.2, -0.15) is 0 Å². The minimum Gasteiger partial charge on any atom is -0.466 e. The normalized spacial score (nSPS) is 12.1. The first-order valence-corrected chi connectivity index (χ1v) is 8.13. The number of hydrogen-bond acceptors (Lipinski definition) is 3. The van der Waals surface area contributed by atoms with Gasteiger partial charge in [0, 0.05) is 11.6 Å². The zero-order valence-corrected chi connectivity index (χ0v) is 14.7. The summed E-state index contributed by atoms with van der Waals surface area (Å²) in [4.78, 5) is 11.7. The summed E-state index contributed by atoms with van der Waals surface area (Å²) in [6.07, 6.45) is -0.0394. The lowest BCUT2D eigenvalue weighted by Crippen LogP contribution is -2.20. The van der Waals surface area contributed by atoms with Gasteiger partial charge in [-0.1, -0.05) is 24.3 Å². The Bertz CT molecular complexity index is 756. The molecule has 0 radical (unpaired) electrons. The third-order valence-corrected chi connectivity index (χ3v) is 4.25. The Kier molecular flexibility index (Phi) is 5.73. The molecule has 0 aliphatic rings. The molecule has 3 nitrogen and oxygen atoms in total. The van der Waals surface area contributed by atoms with Crippen molar-refractivity contribution in [3.63, 3.8) is 0 Å². The van der Waals surface area contributed by atoms with Gasteiger partial charge in [-0.15, -0.1) is 0 Å². The summed E-state index contributed by atoms with van der Waals surface area (Å²) in [6, 6.07) is 9.07. The van der Waals surface area contributed by atoms with Gasteiger partial charge in [0.1, 0.15) is 5.82 Å². The number of esters is 1. The van der Waals surface area contributed by atoms with Gasteiger partial charge in [-0.3, -0.25) is 4.79 Å². The quantitative estimate of drug-likeness (QED) is 0.829. The summed E-state index contributed by atoms with van der Waals surface area (Å²) in [5, 5.41) is 0. The lowest BCUT2D eigenvalue weighted by molar-refractivity contribution is -0.143. The third kappa shape index (κ3) is 3.65. The first kappa shape index (κ1) is 18.1. The van der Waals surface area contributed by atoms with E-state index in [1.54, 1.807) is 13.8 Å². The maximum atomic E-state index is 14.7. The Morgan fingerprint density at radius 3 is 2.46 bits per heavy atom. The molecule has 0 aromatic heterocycles. The van der Waals surface area contributed by atoms with Gasteiger partial charge >= 0.3 is 5.97 Å². The largest absolute Gasteiger partial charge is 0.466 e. The van der Waals surface area contributed by atoms with Gasteiger partial charge < -0.3 is 10.5 Å². The first-order chi connectivity index (χ1) is 11.4. The molecule has 2 aromatic carbocycles. The van der Waals surface area contributed by atoms with Crippen LogP contribution in [0.3, 0.4) is 0 Å². The molecule has 0 saturated heterocycles. The average Bonchev–Trinajstić information content (AvgIpc) is 2.52. The lowest BCUT2D eigenvalue weighted by Gasteiger charge is -2.20. The number of nitrogens with two attached hydrogens (primary N) is 1. The summed E-state index contributed by atoms with van der Waals surface area (Å²) in [5.74, 6) is -0.760. The fourth-order valence-corrected chi connectivity index (χ4v) is 3.01. The molecule has 0 saturated carbocycles. The summed E-state index contributed by atoms with van der Waals surface area (Å²) in [7, 11) is 0. The van der Waals surface area contributed by atoms with Crippen molar-refractivity contribution in [3.05, 3.63) is 58.4 Å². The molecule has 0 heterocycles. The zero-order chi connectivity index (χ0) is 17.9. The van der Waals surface area contributed by atoms with Gasteiger partial charge in [0.25, 0.3) is 0 Å². The number of halogens is 1. The van der Waals surface area contributed by atoms with Gasteiger partial charge in [0.15, 0.2) is 0 Å². The van der Waals surface area contributed by atoms with E-state index in [0.29, 0.717) is 11.1 Å². The zero-order valence-electron chi connectivity index (χ0n) is 14.7. The van der Waals surface area contributed by atoms with Crippen molar-refractivity contribution in [3.8, 4) is 11.1 Å². The predicted octanol–water partition coefficient (Wildman–Crippen LogP) is 4.37. The number of rotatable bonds is 5. The van der Waals surface area contributed by atoms with Crippen LogP contribution in [-0.4, -0.2) is 12.6 Å². The second-order valence-corrected chi connectivity index (χ2v) is 6.02. The number of aryl methyl sites for hydroxylation is 2. The second kappa shape index (κ2) is 7.58. The molecule has 2 aromatic rings. The molecular formula is C20H24FNO2. The molecule has 1 atom stereocenters. The van der Waals surface area contributed by atoms with Crippen molar-refractivity contribution in [2.45, 2.75) is 40.2 Å². The van der Waals surface area contributed by atoms with Crippen molar-refractivity contribution in [1.82, 2.24) is 0 Å². The van der Waals surface area contributed by atoms with Crippen LogP contribution in [0.15, 0.2) is 30.3 Å². The molecule has 1 unspecified atom stereocenters.